The monoisotopic (exact) mass is 181 g/mol. The van der Waals surface area contributed by atoms with Crippen molar-refractivity contribution in [3.8, 4) is 0 Å². The molecule has 0 atom stereocenters. The maximum Gasteiger partial charge on any atom is -0.0234 e. The molecule has 0 unspecified atom stereocenters. The van der Waals surface area contributed by atoms with Crippen LogP contribution in [0.4, 0.5) is 0 Å². The summed E-state index contributed by atoms with van der Waals surface area (Å²) >= 11 is 0. The lowest BCUT2D eigenvalue weighted by Gasteiger charge is -1.99. The number of allylic oxidation sites excluding steroid dienone is 1. The third kappa shape index (κ3) is 11.5. The van der Waals surface area contributed by atoms with Gasteiger partial charge in [0.25, 0.3) is 0 Å². The lowest BCUT2D eigenvalue weighted by Crippen LogP contribution is -1.79. The van der Waals surface area contributed by atoms with E-state index in [9.17, 15) is 0 Å². The lowest BCUT2D eigenvalue weighted by atomic mass is 10.1. The number of rotatable bonds is 9. The molecular weight excluding hydrogens is 158 g/mol. The number of unbranched alkanes of at least 4 members (excludes halogenated alkanes) is 8. The van der Waals surface area contributed by atoms with Crippen LogP contribution in [0.3, 0.4) is 0 Å². The fourth-order valence-corrected chi connectivity index (χ4v) is 1.45. The van der Waals surface area contributed by atoms with E-state index >= 15 is 0 Å². The molecule has 0 bridgehead atoms. The first-order chi connectivity index (χ1) is 6.41. The molecule has 0 rings (SSSR count). The van der Waals surface area contributed by atoms with E-state index in [1.807, 2.05) is 6.08 Å². The van der Waals surface area contributed by atoms with Gasteiger partial charge in [0.1, 0.15) is 0 Å². The average molecular weight is 181 g/mol. The fourth-order valence-electron chi connectivity index (χ4n) is 1.45. The van der Waals surface area contributed by atoms with Crippen molar-refractivity contribution >= 4 is 5.87 Å². The Balaban J connectivity index is 2.87. The van der Waals surface area contributed by atoms with Crippen LogP contribution < -0.4 is 0 Å². The molecular formula is C12H23N. The molecule has 0 aromatic heterocycles. The molecule has 0 saturated carbocycles. The first-order valence-corrected chi connectivity index (χ1v) is 5.65. The summed E-state index contributed by atoms with van der Waals surface area (Å²) in [5.74, 6) is 2.31. The van der Waals surface area contributed by atoms with Crippen LogP contribution in [0.5, 0.6) is 0 Å². The van der Waals surface area contributed by atoms with Crippen LogP contribution in [-0.2, 0) is 0 Å². The van der Waals surface area contributed by atoms with E-state index in [0.717, 1.165) is 6.42 Å². The van der Waals surface area contributed by atoms with Crippen molar-refractivity contribution in [2.75, 3.05) is 0 Å². The van der Waals surface area contributed by atoms with Crippen molar-refractivity contribution in [3.63, 3.8) is 0 Å². The molecule has 0 fully saturated rings. The molecule has 76 valence electrons. The standard InChI is InChI=1S/C12H23N/c1-2-3-4-5-6-7-8-9-10-11-12-13/h11,13H,2-10H2,1H3. The molecule has 0 heterocycles. The van der Waals surface area contributed by atoms with Gasteiger partial charge in [-0.15, -0.1) is 0 Å². The predicted octanol–water partition coefficient (Wildman–Crippen LogP) is 4.32. The van der Waals surface area contributed by atoms with Crippen molar-refractivity contribution in [2.24, 2.45) is 0 Å². The minimum atomic E-state index is 1.04. The lowest BCUT2D eigenvalue weighted by molar-refractivity contribution is 0.578. The largest absolute Gasteiger partial charge is 0.259 e. The first-order valence-electron chi connectivity index (χ1n) is 5.65. The molecule has 1 N–H and O–H groups in total. The second-order valence-electron chi connectivity index (χ2n) is 3.61. The molecule has 1 heteroatoms. The minimum Gasteiger partial charge on any atom is -0.259 e. The van der Waals surface area contributed by atoms with E-state index < -0.39 is 0 Å². The summed E-state index contributed by atoms with van der Waals surface area (Å²) in [6.45, 7) is 2.25. The minimum absolute atomic E-state index is 1.04. The molecule has 1 nitrogen and oxygen atoms in total. The zero-order valence-electron chi connectivity index (χ0n) is 8.94. The normalized spacial score (nSPS) is 9.62. The second-order valence-corrected chi connectivity index (χ2v) is 3.61. The first kappa shape index (κ1) is 12.4. The number of hydrogen-bond donors (Lipinski definition) is 1. The van der Waals surface area contributed by atoms with Gasteiger partial charge in [-0.2, -0.15) is 0 Å². The zero-order valence-corrected chi connectivity index (χ0v) is 8.94. The Hall–Kier alpha value is -0.550. The zero-order chi connectivity index (χ0) is 9.78. The van der Waals surface area contributed by atoms with Gasteiger partial charge < -0.3 is 0 Å². The number of nitrogens with one attached hydrogen (secondary N) is 1. The molecule has 13 heavy (non-hydrogen) atoms. The van der Waals surface area contributed by atoms with E-state index in [0.29, 0.717) is 0 Å². The van der Waals surface area contributed by atoms with Gasteiger partial charge in [-0.25, -0.2) is 0 Å². The molecule has 0 aliphatic heterocycles. The highest BCUT2D eigenvalue weighted by Crippen LogP contribution is 2.09. The molecule has 0 spiro atoms. The summed E-state index contributed by atoms with van der Waals surface area (Å²) in [6, 6.07) is 0. The smallest absolute Gasteiger partial charge is 0.0234 e. The maximum atomic E-state index is 6.69. The van der Waals surface area contributed by atoms with Crippen LogP contribution in [-0.4, -0.2) is 5.87 Å². The Bertz CT molecular complexity index is 134. The van der Waals surface area contributed by atoms with Gasteiger partial charge >= 0.3 is 0 Å². The Kier molecular flexibility index (Phi) is 11.0. The van der Waals surface area contributed by atoms with Gasteiger partial charge in [0.05, 0.1) is 0 Å². The van der Waals surface area contributed by atoms with Crippen LogP contribution in [0.1, 0.15) is 64.7 Å². The predicted molar refractivity (Wildman–Crippen MR) is 59.5 cm³/mol. The van der Waals surface area contributed by atoms with Gasteiger partial charge in [-0.1, -0.05) is 51.9 Å². The summed E-state index contributed by atoms with van der Waals surface area (Å²) in [5.41, 5.74) is 0. The second kappa shape index (κ2) is 11.4. The van der Waals surface area contributed by atoms with Crippen molar-refractivity contribution < 1.29 is 0 Å². The fraction of sp³-hybridized carbons (Fsp3) is 0.833. The van der Waals surface area contributed by atoms with Gasteiger partial charge in [-0.05, 0) is 24.8 Å². The summed E-state index contributed by atoms with van der Waals surface area (Å²) in [7, 11) is 0. The van der Waals surface area contributed by atoms with Crippen LogP contribution in [0, 0.1) is 5.41 Å². The highest BCUT2D eigenvalue weighted by atomic mass is 14.3. The van der Waals surface area contributed by atoms with Gasteiger partial charge in [0, 0.05) is 0 Å². The Labute approximate surface area is 82.7 Å². The van der Waals surface area contributed by atoms with E-state index in [2.05, 4.69) is 12.8 Å². The van der Waals surface area contributed by atoms with Gasteiger partial charge in [0.15, 0.2) is 0 Å². The van der Waals surface area contributed by atoms with Crippen LogP contribution >= 0.6 is 0 Å². The Morgan fingerprint density at radius 2 is 1.46 bits per heavy atom. The molecule has 0 aromatic carbocycles. The van der Waals surface area contributed by atoms with E-state index in [4.69, 9.17) is 5.41 Å². The average Bonchev–Trinajstić information content (AvgIpc) is 2.16. The van der Waals surface area contributed by atoms with Crippen LogP contribution in [0.25, 0.3) is 0 Å². The van der Waals surface area contributed by atoms with Crippen molar-refractivity contribution in [1.29, 1.82) is 5.41 Å². The van der Waals surface area contributed by atoms with Crippen molar-refractivity contribution in [1.82, 2.24) is 0 Å². The summed E-state index contributed by atoms with van der Waals surface area (Å²) in [4.78, 5) is 0. The van der Waals surface area contributed by atoms with E-state index in [1.54, 1.807) is 0 Å². The van der Waals surface area contributed by atoms with Crippen LogP contribution in [0.15, 0.2) is 6.08 Å². The van der Waals surface area contributed by atoms with Crippen molar-refractivity contribution in [3.05, 3.63) is 6.08 Å². The number of hydrogen-bond acceptors (Lipinski definition) is 1. The Morgan fingerprint density at radius 1 is 0.923 bits per heavy atom. The molecule has 0 saturated heterocycles. The maximum absolute atomic E-state index is 6.69. The van der Waals surface area contributed by atoms with Gasteiger partial charge in [0.2, 0.25) is 0 Å². The molecule has 0 aliphatic rings. The summed E-state index contributed by atoms with van der Waals surface area (Å²) in [6.07, 6.45) is 13.7. The quantitative estimate of drug-likeness (QED) is 0.404. The SMILES string of the molecule is CCCCCCCCCCC=C=N. The molecule has 0 amide bonds. The summed E-state index contributed by atoms with van der Waals surface area (Å²) in [5, 5.41) is 6.69. The molecule has 0 aliphatic carbocycles. The van der Waals surface area contributed by atoms with Gasteiger partial charge in [-0.3, -0.25) is 5.41 Å². The van der Waals surface area contributed by atoms with Crippen LogP contribution in [0.2, 0.25) is 0 Å². The Morgan fingerprint density at radius 3 is 2.00 bits per heavy atom. The summed E-state index contributed by atoms with van der Waals surface area (Å²) < 4.78 is 0. The van der Waals surface area contributed by atoms with Crippen molar-refractivity contribution in [2.45, 2.75) is 64.7 Å². The van der Waals surface area contributed by atoms with E-state index in [-0.39, 0.29) is 0 Å². The highest BCUT2D eigenvalue weighted by Gasteiger charge is 1.89. The topological polar surface area (TPSA) is 23.9 Å². The highest BCUT2D eigenvalue weighted by molar-refractivity contribution is 5.46. The van der Waals surface area contributed by atoms with E-state index in [1.165, 1.54) is 51.4 Å². The molecule has 0 radical (unpaired) electrons. The third-order valence-corrected chi connectivity index (χ3v) is 2.30. The third-order valence-electron chi connectivity index (χ3n) is 2.30. The molecule has 0 aromatic rings.